The number of nitrogens with zero attached hydrogens (tertiary/aromatic N) is 4. The second kappa shape index (κ2) is 11.9. The highest BCUT2D eigenvalue weighted by molar-refractivity contribution is 5.76. The van der Waals surface area contributed by atoms with E-state index in [1.165, 1.54) is 0 Å². The van der Waals surface area contributed by atoms with Gasteiger partial charge in [-0.25, -0.2) is 0 Å². The van der Waals surface area contributed by atoms with Gasteiger partial charge in [0.25, 0.3) is 11.1 Å². The summed E-state index contributed by atoms with van der Waals surface area (Å²) in [5.41, 5.74) is 6.05. The van der Waals surface area contributed by atoms with Gasteiger partial charge in [-0.15, -0.1) is 0 Å². The third-order valence-corrected chi connectivity index (χ3v) is 8.43. The molecule has 218 valence electrons. The maximum atomic E-state index is 14.8. The normalized spacial score (nSPS) is 11.1. The molecule has 4 aliphatic rings. The molecule has 2 aliphatic carbocycles. The molecule has 0 N–H and O–H groups in total. The molecule has 7 rings (SSSR count). The number of nitriles is 2. The Morgan fingerprint density at radius 3 is 1.24 bits per heavy atom. The summed E-state index contributed by atoms with van der Waals surface area (Å²) in [5, 5.41) is 19.1. The Kier molecular flexibility index (Phi) is 7.31. The second-order valence-corrected chi connectivity index (χ2v) is 11.0. The minimum Gasteiger partial charge on any atom is -0.277 e. The van der Waals surface area contributed by atoms with Crippen molar-refractivity contribution in [1.29, 1.82) is 10.5 Å². The molecule has 0 amide bonds. The fourth-order valence-corrected chi connectivity index (χ4v) is 6.37. The number of fused-ring (bicyclic) bond motifs is 2. The first-order valence-corrected chi connectivity index (χ1v) is 14.9. The van der Waals surface area contributed by atoms with Gasteiger partial charge in [0.05, 0.1) is 23.5 Å². The molecule has 0 saturated carbocycles. The molecular weight excluding hydrogens is 568 g/mol. The van der Waals surface area contributed by atoms with E-state index in [0.717, 1.165) is 33.9 Å². The van der Waals surface area contributed by atoms with Crippen molar-refractivity contribution >= 4 is 0 Å². The molecule has 2 heterocycles. The molecular formula is C40H26N4O2. The molecule has 3 aromatic carbocycles. The van der Waals surface area contributed by atoms with Crippen LogP contribution < -0.4 is 11.1 Å². The number of hydrogen-bond acceptors (Lipinski definition) is 4. The van der Waals surface area contributed by atoms with Crippen LogP contribution in [0.4, 0.5) is 0 Å². The molecule has 0 aromatic heterocycles. The van der Waals surface area contributed by atoms with E-state index in [0.29, 0.717) is 22.3 Å². The zero-order valence-corrected chi connectivity index (χ0v) is 24.6. The van der Waals surface area contributed by atoms with Gasteiger partial charge in [0.1, 0.15) is 0 Å². The van der Waals surface area contributed by atoms with Crippen molar-refractivity contribution in [1.82, 2.24) is 9.13 Å². The quantitative estimate of drug-likeness (QED) is 0.199. The van der Waals surface area contributed by atoms with Gasteiger partial charge < -0.3 is 0 Å². The fourth-order valence-electron chi connectivity index (χ4n) is 6.37. The van der Waals surface area contributed by atoms with Gasteiger partial charge in [-0.1, -0.05) is 109 Å². The van der Waals surface area contributed by atoms with Gasteiger partial charge in [-0.2, -0.15) is 10.5 Å². The van der Waals surface area contributed by atoms with Gasteiger partial charge in [0.2, 0.25) is 0 Å². The Hall–Kier alpha value is -6.50. The number of benzene rings is 3. The van der Waals surface area contributed by atoms with Crippen molar-refractivity contribution in [2.24, 2.45) is 0 Å². The molecule has 2 aliphatic heterocycles. The van der Waals surface area contributed by atoms with Crippen LogP contribution in [-0.4, -0.2) is 9.13 Å². The summed E-state index contributed by atoms with van der Waals surface area (Å²) in [6.07, 6.45) is 0. The summed E-state index contributed by atoms with van der Waals surface area (Å²) in [5.74, 6) is -1.71. The Bertz CT molecular complexity index is 2180. The molecule has 0 unspecified atom stereocenters. The first kappa shape index (κ1) is 28.3. The molecule has 6 nitrogen and oxygen atoms in total. The highest BCUT2D eigenvalue weighted by Crippen LogP contribution is 2.42. The summed E-state index contributed by atoms with van der Waals surface area (Å²) >= 11 is 0. The summed E-state index contributed by atoms with van der Waals surface area (Å²) in [4.78, 5) is 29.6. The maximum absolute atomic E-state index is 14.8. The Morgan fingerprint density at radius 1 is 0.457 bits per heavy atom. The van der Waals surface area contributed by atoms with Gasteiger partial charge >= 0.3 is 0 Å². The zero-order chi connectivity index (χ0) is 31.6. The molecule has 0 saturated heterocycles. The third-order valence-electron chi connectivity index (χ3n) is 8.43. The van der Waals surface area contributed by atoms with E-state index in [2.05, 4.69) is 0 Å². The lowest BCUT2D eigenvalue weighted by Gasteiger charge is -2.17. The number of hydrogen-bond donors (Lipinski definition) is 0. The van der Waals surface area contributed by atoms with Crippen molar-refractivity contribution in [2.75, 3.05) is 0 Å². The fraction of sp³-hybridized carbons (Fsp3) is 0.0500. The summed E-state index contributed by atoms with van der Waals surface area (Å²) < 4.78 is 3.41. The van der Waals surface area contributed by atoms with Crippen LogP contribution >= 0.6 is 0 Å². The van der Waals surface area contributed by atoms with Crippen molar-refractivity contribution < 1.29 is 0 Å². The summed E-state index contributed by atoms with van der Waals surface area (Å²) in [6.45, 7) is 0. The number of para-hydroxylation sites is 2. The number of rotatable bonds is 6. The molecule has 3 aromatic rings. The van der Waals surface area contributed by atoms with Crippen LogP contribution in [-0.2, 0) is 0 Å². The van der Waals surface area contributed by atoms with Gasteiger partial charge in [0, 0.05) is 39.5 Å². The average Bonchev–Trinajstić information content (AvgIpc) is 3.28. The van der Waals surface area contributed by atoms with Gasteiger partial charge in [-0.05, 0) is 47.5 Å². The van der Waals surface area contributed by atoms with Crippen molar-refractivity contribution in [2.45, 2.75) is 11.8 Å². The smallest absolute Gasteiger partial charge is 0.260 e. The second-order valence-electron chi connectivity index (χ2n) is 11.0. The first-order valence-electron chi connectivity index (χ1n) is 14.9. The lowest BCUT2D eigenvalue weighted by atomic mass is 9.82. The van der Waals surface area contributed by atoms with Crippen LogP contribution in [0, 0.1) is 22.7 Å². The van der Waals surface area contributed by atoms with Crippen LogP contribution in [0.15, 0.2) is 155 Å². The molecule has 0 spiro atoms. The minimum atomic E-state index is -0.935. The summed E-state index contributed by atoms with van der Waals surface area (Å²) in [7, 11) is 0. The highest BCUT2D eigenvalue weighted by atomic mass is 16.1. The molecule has 0 radical (unpaired) electrons. The van der Waals surface area contributed by atoms with E-state index in [4.69, 9.17) is 0 Å². The van der Waals surface area contributed by atoms with Crippen LogP contribution in [0.1, 0.15) is 34.1 Å². The minimum absolute atomic E-state index is 0.228. The molecule has 6 heteroatoms. The highest BCUT2D eigenvalue weighted by Gasteiger charge is 2.35. The first-order chi connectivity index (χ1) is 22.6. The molecule has 0 bridgehead atoms. The largest absolute Gasteiger partial charge is 0.277 e. The summed E-state index contributed by atoms with van der Waals surface area (Å²) in [6, 6.07) is 49.3. The Balaban J connectivity index is 1.60. The van der Waals surface area contributed by atoms with E-state index < -0.39 is 11.8 Å². The molecule has 46 heavy (non-hydrogen) atoms. The standard InChI is InChI=1S/C40H26N4O2/c41-25-29(26-42)27-21-23-28(24-22-27)36(37-32-17-9-3-11-19-34(32)43(39(37)45)30-13-5-1-6-14-30)38-33-18-10-4-12-20-35(33)44(40(38)46)31-15-7-2-8-16-31/h1-24,29,36H. The molecule has 0 atom stereocenters. The zero-order valence-electron chi connectivity index (χ0n) is 24.6. The van der Waals surface area contributed by atoms with Crippen LogP contribution in [0.2, 0.25) is 0 Å². The van der Waals surface area contributed by atoms with Crippen LogP contribution in [0.25, 0.3) is 33.9 Å². The lowest BCUT2D eigenvalue weighted by molar-refractivity contribution is 0.919. The van der Waals surface area contributed by atoms with Gasteiger partial charge in [-0.3, -0.25) is 18.7 Å². The van der Waals surface area contributed by atoms with E-state index >= 15 is 0 Å². The van der Waals surface area contributed by atoms with E-state index in [9.17, 15) is 20.1 Å². The Labute approximate surface area is 265 Å². The average molecular weight is 595 g/mol. The predicted molar refractivity (Wildman–Crippen MR) is 179 cm³/mol. The van der Waals surface area contributed by atoms with Crippen molar-refractivity contribution in [3.05, 3.63) is 189 Å². The number of aromatic nitrogens is 2. The predicted octanol–water partition coefficient (Wildman–Crippen LogP) is 7.51. The maximum Gasteiger partial charge on any atom is 0.260 e. The van der Waals surface area contributed by atoms with Crippen LogP contribution in [0.5, 0.6) is 0 Å². The topological polar surface area (TPSA) is 91.6 Å². The van der Waals surface area contributed by atoms with E-state index in [1.807, 2.05) is 146 Å². The monoisotopic (exact) mass is 594 g/mol. The van der Waals surface area contributed by atoms with Crippen molar-refractivity contribution in [3.8, 4) is 46.0 Å². The van der Waals surface area contributed by atoms with E-state index in [-0.39, 0.29) is 11.1 Å². The molecule has 0 fully saturated rings. The SMILES string of the molecule is N#CC(C#N)c1ccc(C(c2c3cccccc-3n(-c3ccccc3)c2=O)c2c3cccccc-3n(-c3ccccc3)c2=O)cc1. The van der Waals surface area contributed by atoms with Crippen molar-refractivity contribution in [3.63, 3.8) is 0 Å². The van der Waals surface area contributed by atoms with Gasteiger partial charge in [0.15, 0.2) is 5.92 Å². The van der Waals surface area contributed by atoms with Crippen LogP contribution in [0.3, 0.4) is 0 Å². The lowest BCUT2D eigenvalue weighted by Crippen LogP contribution is -2.24. The van der Waals surface area contributed by atoms with E-state index in [1.54, 1.807) is 21.3 Å². The Morgan fingerprint density at radius 2 is 0.826 bits per heavy atom. The third kappa shape index (κ3) is 4.66.